The Hall–Kier alpha value is -1.20. The summed E-state index contributed by atoms with van der Waals surface area (Å²) in [4.78, 5) is 7.54. The zero-order valence-corrected chi connectivity index (χ0v) is 9.21. The predicted molar refractivity (Wildman–Crippen MR) is 62.9 cm³/mol. The number of nitrogens with two attached hydrogens (primary N) is 1. The fourth-order valence-electron chi connectivity index (χ4n) is 1.29. The number of aliphatic hydroxyl groups excluding tert-OH is 1. The number of aliphatic hydroxyl groups is 1. The molecule has 0 saturated heterocycles. The Morgan fingerprint density at radius 2 is 2.40 bits per heavy atom. The Balaban J connectivity index is 2.30. The number of aromatic nitrogens is 2. The largest absolute Gasteiger partial charge is 0.399 e. The van der Waals surface area contributed by atoms with E-state index in [2.05, 4.69) is 9.97 Å². The van der Waals surface area contributed by atoms with Crippen molar-refractivity contribution in [2.24, 2.45) is 0 Å². The number of hydrogen-bond acceptors (Lipinski definition) is 4. The van der Waals surface area contributed by atoms with Gasteiger partial charge in [0.15, 0.2) is 5.16 Å². The van der Waals surface area contributed by atoms with Gasteiger partial charge >= 0.3 is 0 Å². The van der Waals surface area contributed by atoms with E-state index in [1.807, 2.05) is 25.1 Å². The summed E-state index contributed by atoms with van der Waals surface area (Å²) in [6.07, 6.45) is 0. The number of thioether (sulfide) groups is 1. The number of hydrogen-bond donors (Lipinski definition) is 3. The molecule has 1 aromatic carbocycles. The van der Waals surface area contributed by atoms with E-state index >= 15 is 0 Å². The molecule has 1 aromatic heterocycles. The summed E-state index contributed by atoms with van der Waals surface area (Å²) in [7, 11) is 0. The highest BCUT2D eigenvalue weighted by Gasteiger charge is 2.07. The summed E-state index contributed by atoms with van der Waals surface area (Å²) in [5.41, 5.74) is 8.22. The van der Waals surface area contributed by atoms with Gasteiger partial charge in [0.05, 0.1) is 17.6 Å². The number of H-pyrrole nitrogens is 1. The maximum atomic E-state index is 8.93. The third kappa shape index (κ3) is 2.24. The van der Waals surface area contributed by atoms with Crippen LogP contribution in [0, 0.1) is 0 Å². The quantitative estimate of drug-likeness (QED) is 0.546. The zero-order valence-electron chi connectivity index (χ0n) is 8.40. The van der Waals surface area contributed by atoms with Crippen LogP contribution in [-0.4, -0.2) is 26.9 Å². The molecule has 0 aliphatic heterocycles. The first kappa shape index (κ1) is 10.3. The molecule has 0 radical (unpaired) electrons. The Kier molecular flexibility index (Phi) is 2.83. The maximum Gasteiger partial charge on any atom is 0.166 e. The Bertz CT molecular complexity index is 469. The Morgan fingerprint density at radius 3 is 3.13 bits per heavy atom. The van der Waals surface area contributed by atoms with Gasteiger partial charge in [-0.05, 0) is 18.2 Å². The van der Waals surface area contributed by atoms with Gasteiger partial charge in [-0.15, -0.1) is 0 Å². The SMILES string of the molecule is CC(CO)Sc1nc2ccc(N)cc2[nH]1. The van der Waals surface area contributed by atoms with E-state index in [9.17, 15) is 0 Å². The van der Waals surface area contributed by atoms with Gasteiger partial charge < -0.3 is 15.8 Å². The molecule has 80 valence electrons. The first-order valence-electron chi connectivity index (χ1n) is 4.72. The van der Waals surface area contributed by atoms with Crippen molar-refractivity contribution in [3.8, 4) is 0 Å². The van der Waals surface area contributed by atoms with Crippen LogP contribution in [0.1, 0.15) is 6.92 Å². The molecule has 1 atom stereocenters. The summed E-state index contributed by atoms with van der Waals surface area (Å²) in [6.45, 7) is 2.09. The van der Waals surface area contributed by atoms with Crippen molar-refractivity contribution in [3.63, 3.8) is 0 Å². The summed E-state index contributed by atoms with van der Waals surface area (Å²) in [6, 6.07) is 5.57. The van der Waals surface area contributed by atoms with Gasteiger partial charge in [0.1, 0.15) is 0 Å². The fourth-order valence-corrected chi connectivity index (χ4v) is 2.06. The molecule has 0 aliphatic rings. The molecule has 2 rings (SSSR count). The standard InChI is InChI=1S/C10H13N3OS/c1-6(5-14)15-10-12-8-3-2-7(11)4-9(8)13-10/h2-4,6,14H,5,11H2,1H3,(H,12,13). The van der Waals surface area contributed by atoms with E-state index < -0.39 is 0 Å². The molecule has 0 amide bonds. The molecule has 0 saturated carbocycles. The monoisotopic (exact) mass is 223 g/mol. The average Bonchev–Trinajstić information content (AvgIpc) is 2.59. The third-order valence-electron chi connectivity index (χ3n) is 2.05. The normalized spacial score (nSPS) is 13.2. The third-order valence-corrected chi connectivity index (χ3v) is 3.02. The van der Waals surface area contributed by atoms with Gasteiger partial charge in [-0.3, -0.25) is 0 Å². The van der Waals surface area contributed by atoms with Crippen LogP contribution in [0.4, 0.5) is 5.69 Å². The van der Waals surface area contributed by atoms with Crippen LogP contribution in [0.15, 0.2) is 23.4 Å². The molecule has 2 aromatic rings. The van der Waals surface area contributed by atoms with Crippen LogP contribution < -0.4 is 5.73 Å². The second-order valence-electron chi connectivity index (χ2n) is 3.43. The van der Waals surface area contributed by atoms with Crippen molar-refractivity contribution in [1.82, 2.24) is 9.97 Å². The van der Waals surface area contributed by atoms with Crippen LogP contribution in [-0.2, 0) is 0 Å². The lowest BCUT2D eigenvalue weighted by molar-refractivity contribution is 0.300. The number of nitrogen functional groups attached to an aromatic ring is 1. The second kappa shape index (κ2) is 4.12. The van der Waals surface area contributed by atoms with E-state index in [1.165, 1.54) is 11.8 Å². The number of anilines is 1. The van der Waals surface area contributed by atoms with Crippen LogP contribution in [0.5, 0.6) is 0 Å². The van der Waals surface area contributed by atoms with Crippen LogP contribution in [0.3, 0.4) is 0 Å². The first-order valence-corrected chi connectivity index (χ1v) is 5.60. The summed E-state index contributed by atoms with van der Waals surface area (Å²) >= 11 is 1.52. The fraction of sp³-hybridized carbons (Fsp3) is 0.300. The highest BCUT2D eigenvalue weighted by molar-refractivity contribution is 7.99. The maximum absolute atomic E-state index is 8.93. The molecule has 0 fully saturated rings. The van der Waals surface area contributed by atoms with E-state index in [4.69, 9.17) is 10.8 Å². The molecular weight excluding hydrogens is 210 g/mol. The molecule has 15 heavy (non-hydrogen) atoms. The number of imidazole rings is 1. The number of benzene rings is 1. The van der Waals surface area contributed by atoms with E-state index in [0.717, 1.165) is 21.9 Å². The predicted octanol–water partition coefficient (Wildman–Crippen LogP) is 1.62. The summed E-state index contributed by atoms with van der Waals surface area (Å²) in [5.74, 6) is 0. The smallest absolute Gasteiger partial charge is 0.166 e. The van der Waals surface area contributed by atoms with E-state index in [-0.39, 0.29) is 11.9 Å². The lowest BCUT2D eigenvalue weighted by Crippen LogP contribution is -2.01. The van der Waals surface area contributed by atoms with Crippen molar-refractivity contribution in [1.29, 1.82) is 0 Å². The summed E-state index contributed by atoms with van der Waals surface area (Å²) < 4.78 is 0. The average molecular weight is 223 g/mol. The van der Waals surface area contributed by atoms with Gasteiger partial charge in [-0.1, -0.05) is 18.7 Å². The van der Waals surface area contributed by atoms with Gasteiger partial charge in [0.25, 0.3) is 0 Å². The topological polar surface area (TPSA) is 74.9 Å². The van der Waals surface area contributed by atoms with Crippen molar-refractivity contribution < 1.29 is 5.11 Å². The van der Waals surface area contributed by atoms with Crippen LogP contribution in [0.2, 0.25) is 0 Å². The first-order chi connectivity index (χ1) is 7.19. The van der Waals surface area contributed by atoms with E-state index in [1.54, 1.807) is 0 Å². The molecule has 4 N–H and O–H groups in total. The Labute approximate surface area is 91.9 Å². The highest BCUT2D eigenvalue weighted by atomic mass is 32.2. The van der Waals surface area contributed by atoms with Crippen LogP contribution in [0.25, 0.3) is 11.0 Å². The lowest BCUT2D eigenvalue weighted by atomic mass is 10.3. The van der Waals surface area contributed by atoms with E-state index in [0.29, 0.717) is 0 Å². The molecule has 1 unspecified atom stereocenters. The second-order valence-corrected chi connectivity index (χ2v) is 4.86. The zero-order chi connectivity index (χ0) is 10.8. The number of nitrogens with one attached hydrogen (secondary N) is 1. The van der Waals surface area contributed by atoms with Crippen molar-refractivity contribution in [2.45, 2.75) is 17.3 Å². The van der Waals surface area contributed by atoms with Gasteiger partial charge in [0.2, 0.25) is 0 Å². The van der Waals surface area contributed by atoms with Crippen molar-refractivity contribution in [3.05, 3.63) is 18.2 Å². The Morgan fingerprint density at radius 1 is 1.60 bits per heavy atom. The molecule has 1 heterocycles. The molecule has 0 bridgehead atoms. The number of rotatable bonds is 3. The molecule has 5 heteroatoms. The highest BCUT2D eigenvalue weighted by Crippen LogP contribution is 2.23. The summed E-state index contributed by atoms with van der Waals surface area (Å²) in [5, 5.41) is 9.89. The van der Waals surface area contributed by atoms with Crippen molar-refractivity contribution >= 4 is 28.5 Å². The molecule has 0 aliphatic carbocycles. The van der Waals surface area contributed by atoms with Crippen molar-refractivity contribution in [2.75, 3.05) is 12.3 Å². The lowest BCUT2D eigenvalue weighted by Gasteiger charge is -2.02. The van der Waals surface area contributed by atoms with Gasteiger partial charge in [-0.25, -0.2) is 4.98 Å². The number of nitrogens with zero attached hydrogens (tertiary/aromatic N) is 1. The minimum atomic E-state index is 0.142. The minimum Gasteiger partial charge on any atom is -0.399 e. The molecule has 4 nitrogen and oxygen atoms in total. The number of fused-ring (bicyclic) bond motifs is 1. The molecular formula is C10H13N3OS. The van der Waals surface area contributed by atoms with Crippen LogP contribution >= 0.6 is 11.8 Å². The van der Waals surface area contributed by atoms with Gasteiger partial charge in [-0.2, -0.15) is 0 Å². The number of aromatic amines is 1. The van der Waals surface area contributed by atoms with Gasteiger partial charge in [0, 0.05) is 10.9 Å². The minimum absolute atomic E-state index is 0.142. The molecule has 0 spiro atoms.